The summed E-state index contributed by atoms with van der Waals surface area (Å²) in [6.45, 7) is 3.81. The molecule has 2 aromatic heterocycles. The van der Waals surface area contributed by atoms with Gasteiger partial charge in [-0.3, -0.25) is 9.78 Å². The topological polar surface area (TPSA) is 75.4 Å². The third kappa shape index (κ3) is 2.30. The summed E-state index contributed by atoms with van der Waals surface area (Å²) in [5.41, 5.74) is 4.26. The number of aliphatic carboxylic acids is 1. The van der Waals surface area contributed by atoms with Crippen LogP contribution in [0.4, 0.5) is 0 Å². The number of fused-ring (bicyclic) bond motifs is 1. The summed E-state index contributed by atoms with van der Waals surface area (Å²) in [6, 6.07) is 8.86. The van der Waals surface area contributed by atoms with Crippen molar-refractivity contribution in [3.8, 4) is 11.4 Å². The van der Waals surface area contributed by atoms with Crippen molar-refractivity contribution >= 4 is 16.9 Å². The van der Waals surface area contributed by atoms with E-state index in [0.717, 1.165) is 28.0 Å². The lowest BCUT2D eigenvalue weighted by Gasteiger charge is -2.09. The molecule has 0 aliphatic heterocycles. The highest BCUT2D eigenvalue weighted by Crippen LogP contribution is 2.32. The quantitative estimate of drug-likeness (QED) is 0.779. The number of benzene rings is 1. The van der Waals surface area contributed by atoms with Gasteiger partial charge in [-0.05, 0) is 49.7 Å². The number of phenolic OH excluding ortho intramolecular Hbond substituents is 1. The Morgan fingerprint density at radius 2 is 2.00 bits per heavy atom. The molecular weight excluding hydrogens is 280 g/mol. The first kappa shape index (κ1) is 14.1. The minimum Gasteiger partial charge on any atom is -0.508 e. The van der Waals surface area contributed by atoms with E-state index in [9.17, 15) is 9.90 Å². The van der Waals surface area contributed by atoms with E-state index in [0.29, 0.717) is 5.56 Å². The van der Waals surface area contributed by atoms with Gasteiger partial charge in [0, 0.05) is 28.7 Å². The van der Waals surface area contributed by atoms with Gasteiger partial charge in [-0.1, -0.05) is 0 Å². The van der Waals surface area contributed by atoms with Gasteiger partial charge in [-0.25, -0.2) is 0 Å². The fourth-order valence-electron chi connectivity index (χ4n) is 2.85. The molecule has 0 radical (unpaired) electrons. The van der Waals surface area contributed by atoms with Gasteiger partial charge in [0.1, 0.15) is 5.75 Å². The molecule has 1 aromatic carbocycles. The predicted molar refractivity (Wildman–Crippen MR) is 83.5 cm³/mol. The number of phenols is 1. The van der Waals surface area contributed by atoms with Crippen LogP contribution in [-0.4, -0.2) is 25.7 Å². The van der Waals surface area contributed by atoms with Crippen LogP contribution >= 0.6 is 0 Å². The normalized spacial score (nSPS) is 11.0. The molecule has 0 atom stereocenters. The van der Waals surface area contributed by atoms with Gasteiger partial charge in [-0.15, -0.1) is 0 Å². The van der Waals surface area contributed by atoms with E-state index >= 15 is 0 Å². The van der Waals surface area contributed by atoms with Gasteiger partial charge in [-0.2, -0.15) is 0 Å². The molecule has 5 nitrogen and oxygen atoms in total. The first-order valence-electron chi connectivity index (χ1n) is 6.95. The lowest BCUT2D eigenvalue weighted by atomic mass is 10.1. The minimum absolute atomic E-state index is 0.0805. The van der Waals surface area contributed by atoms with E-state index < -0.39 is 5.97 Å². The molecule has 0 bridgehead atoms. The zero-order valence-electron chi connectivity index (χ0n) is 12.4. The number of carboxylic acids is 1. The molecule has 112 valence electrons. The number of carboxylic acid groups (broad SMARTS) is 1. The Balaban J connectivity index is 2.35. The molecule has 2 N–H and O–H groups in total. The van der Waals surface area contributed by atoms with Gasteiger partial charge in [0.25, 0.3) is 0 Å². The smallest absolute Gasteiger partial charge is 0.307 e. The van der Waals surface area contributed by atoms with Gasteiger partial charge >= 0.3 is 5.97 Å². The highest BCUT2D eigenvalue weighted by atomic mass is 16.4. The molecule has 0 spiro atoms. The average molecular weight is 296 g/mol. The third-order valence-electron chi connectivity index (χ3n) is 3.78. The van der Waals surface area contributed by atoms with Gasteiger partial charge < -0.3 is 14.8 Å². The maximum Gasteiger partial charge on any atom is 0.307 e. The molecule has 0 amide bonds. The first-order valence-corrected chi connectivity index (χ1v) is 6.95. The number of rotatable bonds is 3. The molecule has 0 fully saturated rings. The van der Waals surface area contributed by atoms with Crippen LogP contribution in [0.1, 0.15) is 17.0 Å². The van der Waals surface area contributed by atoms with Crippen molar-refractivity contribution in [1.29, 1.82) is 0 Å². The van der Waals surface area contributed by atoms with Crippen molar-refractivity contribution in [3.05, 3.63) is 53.5 Å². The summed E-state index contributed by atoms with van der Waals surface area (Å²) in [5.74, 6) is -0.765. The molecule has 5 heteroatoms. The van der Waals surface area contributed by atoms with E-state index in [2.05, 4.69) is 4.98 Å². The summed E-state index contributed by atoms with van der Waals surface area (Å²) in [5, 5.41) is 19.7. The fraction of sp³-hybridized carbons (Fsp3) is 0.176. The van der Waals surface area contributed by atoms with Gasteiger partial charge in [0.2, 0.25) is 0 Å². The van der Waals surface area contributed by atoms with Crippen molar-refractivity contribution in [2.45, 2.75) is 20.3 Å². The minimum atomic E-state index is -0.892. The van der Waals surface area contributed by atoms with Crippen molar-refractivity contribution < 1.29 is 15.0 Å². The Morgan fingerprint density at radius 3 is 2.68 bits per heavy atom. The summed E-state index contributed by atoms with van der Waals surface area (Å²) >= 11 is 0. The molecule has 0 aliphatic carbocycles. The molecule has 3 aromatic rings. The van der Waals surface area contributed by atoms with Crippen LogP contribution in [0.15, 0.2) is 36.5 Å². The van der Waals surface area contributed by atoms with Crippen LogP contribution in [0, 0.1) is 13.8 Å². The first-order chi connectivity index (χ1) is 10.5. The van der Waals surface area contributed by atoms with Crippen molar-refractivity contribution in [1.82, 2.24) is 9.55 Å². The Bertz CT molecular complexity index is 881. The Kier molecular flexibility index (Phi) is 3.33. The molecule has 22 heavy (non-hydrogen) atoms. The van der Waals surface area contributed by atoms with Crippen molar-refractivity contribution in [2.24, 2.45) is 0 Å². The highest BCUT2D eigenvalue weighted by Gasteiger charge is 2.18. The number of pyridine rings is 1. The van der Waals surface area contributed by atoms with Crippen molar-refractivity contribution in [2.75, 3.05) is 0 Å². The predicted octanol–water partition coefficient (Wildman–Crippen LogP) is 2.98. The lowest BCUT2D eigenvalue weighted by molar-refractivity contribution is -0.136. The number of hydrogen-bond acceptors (Lipinski definition) is 3. The molecule has 0 saturated heterocycles. The Hall–Kier alpha value is -2.82. The zero-order valence-corrected chi connectivity index (χ0v) is 12.4. The SMILES string of the molecule is Cc1cc(-n2c(C)c(CC(=O)O)c3cc(O)ccc32)ccn1. The number of aromatic nitrogens is 2. The van der Waals surface area contributed by atoms with Crippen LogP contribution < -0.4 is 0 Å². The van der Waals surface area contributed by atoms with E-state index in [1.807, 2.05) is 30.5 Å². The van der Waals surface area contributed by atoms with E-state index in [4.69, 9.17) is 5.11 Å². The summed E-state index contributed by atoms with van der Waals surface area (Å²) in [6.07, 6.45) is 1.65. The summed E-state index contributed by atoms with van der Waals surface area (Å²) in [7, 11) is 0. The maximum absolute atomic E-state index is 11.2. The fourth-order valence-corrected chi connectivity index (χ4v) is 2.85. The second-order valence-electron chi connectivity index (χ2n) is 5.33. The highest BCUT2D eigenvalue weighted by molar-refractivity contribution is 5.91. The van der Waals surface area contributed by atoms with Crippen LogP contribution in [-0.2, 0) is 11.2 Å². The second kappa shape index (κ2) is 5.18. The molecule has 0 saturated carbocycles. The molecular formula is C17H16N2O3. The van der Waals surface area contributed by atoms with Gasteiger partial charge in [0.05, 0.1) is 11.9 Å². The molecule has 0 unspecified atom stereocenters. The average Bonchev–Trinajstić information content (AvgIpc) is 2.71. The summed E-state index contributed by atoms with van der Waals surface area (Å²) in [4.78, 5) is 15.4. The van der Waals surface area contributed by atoms with Gasteiger partial charge in [0.15, 0.2) is 0 Å². The number of aryl methyl sites for hydroxylation is 1. The van der Waals surface area contributed by atoms with Crippen LogP contribution in [0.3, 0.4) is 0 Å². The number of carbonyl (C=O) groups is 1. The van der Waals surface area contributed by atoms with E-state index in [1.165, 1.54) is 0 Å². The van der Waals surface area contributed by atoms with Crippen LogP contribution in [0.2, 0.25) is 0 Å². The summed E-state index contributed by atoms with van der Waals surface area (Å²) < 4.78 is 2.00. The Morgan fingerprint density at radius 1 is 1.23 bits per heavy atom. The van der Waals surface area contributed by atoms with Crippen LogP contribution in [0.5, 0.6) is 5.75 Å². The largest absolute Gasteiger partial charge is 0.508 e. The number of hydrogen-bond donors (Lipinski definition) is 2. The number of aromatic hydroxyl groups is 1. The van der Waals surface area contributed by atoms with E-state index in [1.54, 1.807) is 24.4 Å². The van der Waals surface area contributed by atoms with E-state index in [-0.39, 0.29) is 12.2 Å². The standard InChI is InChI=1S/C17H16N2O3/c1-10-7-12(5-6-18-10)19-11(2)14(9-17(21)22)15-8-13(20)3-4-16(15)19/h3-8,20H,9H2,1-2H3,(H,21,22). The molecule has 0 aliphatic rings. The Labute approximate surface area is 127 Å². The number of nitrogens with zero attached hydrogens (tertiary/aromatic N) is 2. The molecule has 3 rings (SSSR count). The van der Waals surface area contributed by atoms with Crippen LogP contribution in [0.25, 0.3) is 16.6 Å². The van der Waals surface area contributed by atoms with Crippen molar-refractivity contribution in [3.63, 3.8) is 0 Å². The lowest BCUT2D eigenvalue weighted by Crippen LogP contribution is -2.03. The molecule has 2 heterocycles. The zero-order chi connectivity index (χ0) is 15.9. The monoisotopic (exact) mass is 296 g/mol. The third-order valence-corrected chi connectivity index (χ3v) is 3.78. The maximum atomic E-state index is 11.2. The second-order valence-corrected chi connectivity index (χ2v) is 5.33.